The van der Waals surface area contributed by atoms with E-state index in [1.54, 1.807) is 19.2 Å². The maximum Gasteiger partial charge on any atom is 0.240 e. The highest BCUT2D eigenvalue weighted by Gasteiger charge is 2.35. The largest absolute Gasteiger partial charge is 0.497 e. The number of amides is 2. The summed E-state index contributed by atoms with van der Waals surface area (Å²) in [6.45, 7) is 1.43. The smallest absolute Gasteiger partial charge is 0.240 e. The minimum atomic E-state index is -0.588. The average molecular weight is 234 g/mol. The van der Waals surface area contributed by atoms with E-state index < -0.39 is 11.9 Å². The number of fused-ring (bicyclic) bond motifs is 1. The number of ether oxygens (including phenoxy) is 1. The Hall–Kier alpha value is -2.04. The lowest BCUT2D eigenvalue weighted by Crippen LogP contribution is -2.45. The molecule has 0 saturated carbocycles. The molecule has 0 aliphatic carbocycles. The first-order valence-electron chi connectivity index (χ1n) is 5.30. The molecule has 1 aromatic rings. The second kappa shape index (κ2) is 4.08. The van der Waals surface area contributed by atoms with Crippen LogP contribution in [0.4, 0.5) is 5.69 Å². The highest BCUT2D eigenvalue weighted by atomic mass is 16.5. The molecule has 17 heavy (non-hydrogen) atoms. The van der Waals surface area contributed by atoms with Crippen LogP contribution in [0.3, 0.4) is 0 Å². The van der Waals surface area contributed by atoms with Crippen LogP contribution in [0.1, 0.15) is 12.5 Å². The predicted octanol–water partition coefficient (Wildman–Crippen LogP) is 0.458. The molecule has 5 nitrogen and oxygen atoms in total. The molecule has 1 heterocycles. The zero-order chi connectivity index (χ0) is 12.6. The van der Waals surface area contributed by atoms with Crippen molar-refractivity contribution < 1.29 is 14.3 Å². The van der Waals surface area contributed by atoms with Crippen LogP contribution in [-0.2, 0) is 16.0 Å². The van der Waals surface area contributed by atoms with Gasteiger partial charge in [-0.05, 0) is 23.8 Å². The highest BCUT2D eigenvalue weighted by molar-refractivity contribution is 6.02. The van der Waals surface area contributed by atoms with Crippen molar-refractivity contribution in [3.63, 3.8) is 0 Å². The molecule has 90 valence electrons. The first kappa shape index (κ1) is 11.4. The van der Waals surface area contributed by atoms with Gasteiger partial charge in [-0.15, -0.1) is 0 Å². The number of nitrogens with zero attached hydrogens (tertiary/aromatic N) is 1. The molecular formula is C12H14N2O3. The van der Waals surface area contributed by atoms with Crippen LogP contribution in [0, 0.1) is 0 Å². The fourth-order valence-electron chi connectivity index (χ4n) is 2.17. The summed E-state index contributed by atoms with van der Waals surface area (Å²) < 4.78 is 5.11. The third-order valence-corrected chi connectivity index (χ3v) is 2.94. The molecule has 1 aromatic carbocycles. The average Bonchev–Trinajstić information content (AvgIpc) is 2.66. The van der Waals surface area contributed by atoms with Gasteiger partial charge in [-0.2, -0.15) is 0 Å². The molecular weight excluding hydrogens is 220 g/mol. The fraction of sp³-hybridized carbons (Fsp3) is 0.333. The Kier molecular flexibility index (Phi) is 2.75. The van der Waals surface area contributed by atoms with Crippen LogP contribution in [0.25, 0.3) is 0 Å². The van der Waals surface area contributed by atoms with E-state index in [0.717, 1.165) is 11.3 Å². The molecule has 0 spiro atoms. The molecule has 0 saturated heterocycles. The molecule has 0 aromatic heterocycles. The summed E-state index contributed by atoms with van der Waals surface area (Å²) in [5, 5.41) is 0. The van der Waals surface area contributed by atoms with Crippen molar-refractivity contribution in [1.29, 1.82) is 0 Å². The number of methoxy groups -OCH3 is 1. The number of carbonyl (C=O) groups excluding carboxylic acids is 2. The number of benzene rings is 1. The van der Waals surface area contributed by atoms with Crippen molar-refractivity contribution in [2.24, 2.45) is 5.73 Å². The van der Waals surface area contributed by atoms with Crippen molar-refractivity contribution >= 4 is 17.5 Å². The third-order valence-electron chi connectivity index (χ3n) is 2.94. The molecule has 2 N–H and O–H groups in total. The SMILES string of the molecule is COc1ccc2c(c1)CC(C(N)=O)N2C(C)=O. The topological polar surface area (TPSA) is 72.6 Å². The number of primary amides is 1. The van der Waals surface area contributed by atoms with Gasteiger partial charge in [0.15, 0.2) is 0 Å². The molecule has 1 unspecified atom stereocenters. The van der Waals surface area contributed by atoms with Crippen LogP contribution in [0.5, 0.6) is 5.75 Å². The fourth-order valence-corrected chi connectivity index (χ4v) is 2.17. The van der Waals surface area contributed by atoms with Crippen LogP contribution in [0.15, 0.2) is 18.2 Å². The lowest BCUT2D eigenvalue weighted by molar-refractivity contribution is -0.123. The molecule has 1 aliphatic heterocycles. The van der Waals surface area contributed by atoms with Gasteiger partial charge in [-0.25, -0.2) is 0 Å². The molecule has 1 atom stereocenters. The zero-order valence-electron chi connectivity index (χ0n) is 9.77. The maximum absolute atomic E-state index is 11.6. The first-order valence-corrected chi connectivity index (χ1v) is 5.30. The van der Waals surface area contributed by atoms with Crippen LogP contribution < -0.4 is 15.4 Å². The van der Waals surface area contributed by atoms with Crippen molar-refractivity contribution in [2.45, 2.75) is 19.4 Å². The summed E-state index contributed by atoms with van der Waals surface area (Å²) in [6, 6.07) is 4.78. The summed E-state index contributed by atoms with van der Waals surface area (Å²) in [7, 11) is 1.57. The zero-order valence-corrected chi connectivity index (χ0v) is 9.77. The van der Waals surface area contributed by atoms with Crippen molar-refractivity contribution in [1.82, 2.24) is 0 Å². The van der Waals surface area contributed by atoms with Crippen LogP contribution in [0.2, 0.25) is 0 Å². The Bertz CT molecular complexity index is 485. The Morgan fingerprint density at radius 2 is 2.18 bits per heavy atom. The van der Waals surface area contributed by atoms with E-state index in [0.29, 0.717) is 12.2 Å². The number of nitrogens with two attached hydrogens (primary N) is 1. The standard InChI is InChI=1S/C12H14N2O3/c1-7(15)14-10-4-3-9(17-2)5-8(10)6-11(14)12(13)16/h3-5,11H,6H2,1-2H3,(H2,13,16). The second-order valence-electron chi connectivity index (χ2n) is 4.01. The van der Waals surface area contributed by atoms with E-state index in [4.69, 9.17) is 10.5 Å². The molecule has 2 rings (SSSR count). The number of carbonyl (C=O) groups is 2. The van der Waals surface area contributed by atoms with Gasteiger partial charge in [0.1, 0.15) is 11.8 Å². The van der Waals surface area contributed by atoms with Crippen molar-refractivity contribution in [3.05, 3.63) is 23.8 Å². The van der Waals surface area contributed by atoms with Gasteiger partial charge >= 0.3 is 0 Å². The summed E-state index contributed by atoms with van der Waals surface area (Å²) in [5.74, 6) is 0.0328. The Morgan fingerprint density at radius 1 is 1.47 bits per heavy atom. The first-order chi connectivity index (χ1) is 8.04. The predicted molar refractivity (Wildman–Crippen MR) is 62.8 cm³/mol. The number of hydrogen-bond donors (Lipinski definition) is 1. The van der Waals surface area contributed by atoms with Gasteiger partial charge in [0.25, 0.3) is 0 Å². The molecule has 0 bridgehead atoms. The molecule has 1 aliphatic rings. The molecule has 2 amide bonds. The summed E-state index contributed by atoms with van der Waals surface area (Å²) in [5.41, 5.74) is 6.96. The van der Waals surface area contributed by atoms with Crippen molar-refractivity contribution in [3.8, 4) is 5.75 Å². The van der Waals surface area contributed by atoms with E-state index in [9.17, 15) is 9.59 Å². The second-order valence-corrected chi connectivity index (χ2v) is 4.01. The third kappa shape index (κ3) is 1.84. The molecule has 0 radical (unpaired) electrons. The lowest BCUT2D eigenvalue weighted by Gasteiger charge is -2.21. The van der Waals surface area contributed by atoms with Crippen molar-refractivity contribution in [2.75, 3.05) is 12.0 Å². The minimum absolute atomic E-state index is 0.183. The Labute approximate surface area is 99.2 Å². The maximum atomic E-state index is 11.6. The van der Waals surface area contributed by atoms with Gasteiger partial charge in [0.2, 0.25) is 11.8 Å². The number of rotatable bonds is 2. The summed E-state index contributed by atoms with van der Waals surface area (Å²) in [6.07, 6.45) is 0.446. The van der Waals surface area contributed by atoms with E-state index >= 15 is 0 Å². The molecule has 0 fully saturated rings. The van der Waals surface area contributed by atoms with E-state index in [1.807, 2.05) is 6.07 Å². The van der Waals surface area contributed by atoms with Gasteiger partial charge in [-0.3, -0.25) is 14.5 Å². The van der Waals surface area contributed by atoms with Gasteiger partial charge in [0, 0.05) is 19.0 Å². The van der Waals surface area contributed by atoms with E-state index in [1.165, 1.54) is 11.8 Å². The Balaban J connectivity index is 2.46. The van der Waals surface area contributed by atoms with Gasteiger partial charge < -0.3 is 10.5 Å². The van der Waals surface area contributed by atoms with Gasteiger partial charge in [-0.1, -0.05) is 0 Å². The van der Waals surface area contributed by atoms with Crippen LogP contribution in [-0.4, -0.2) is 25.0 Å². The monoisotopic (exact) mass is 234 g/mol. The number of anilines is 1. The van der Waals surface area contributed by atoms with Gasteiger partial charge in [0.05, 0.1) is 7.11 Å². The van der Waals surface area contributed by atoms with Crippen LogP contribution >= 0.6 is 0 Å². The highest BCUT2D eigenvalue weighted by Crippen LogP contribution is 2.34. The van der Waals surface area contributed by atoms with E-state index in [2.05, 4.69) is 0 Å². The normalized spacial score (nSPS) is 17.8. The van der Waals surface area contributed by atoms with E-state index in [-0.39, 0.29) is 5.91 Å². The Morgan fingerprint density at radius 3 is 2.71 bits per heavy atom. The lowest BCUT2D eigenvalue weighted by atomic mass is 10.1. The summed E-state index contributed by atoms with van der Waals surface area (Å²) >= 11 is 0. The summed E-state index contributed by atoms with van der Waals surface area (Å²) in [4.78, 5) is 24.3. The quantitative estimate of drug-likeness (QED) is 0.807. The molecule has 5 heteroatoms. The number of hydrogen-bond acceptors (Lipinski definition) is 3. The minimum Gasteiger partial charge on any atom is -0.497 e.